The van der Waals surface area contributed by atoms with E-state index < -0.39 is 22.2 Å². The summed E-state index contributed by atoms with van der Waals surface area (Å²) in [6, 6.07) is 12.2. The highest BCUT2D eigenvalue weighted by Crippen LogP contribution is 2.42. The highest BCUT2D eigenvalue weighted by molar-refractivity contribution is 7.99. The summed E-state index contributed by atoms with van der Waals surface area (Å²) < 4.78 is 9.60. The average molecular weight is 391 g/mol. The maximum absolute atomic E-state index is 12.0. The first-order valence-corrected chi connectivity index (χ1v) is 8.81. The molecule has 0 aromatic heterocycles. The van der Waals surface area contributed by atoms with E-state index in [1.807, 2.05) is 0 Å². The molecule has 0 aliphatic carbocycles. The largest absolute Gasteiger partial charge is 0.464 e. The number of nitrogens with zero attached hydrogens (tertiary/aromatic N) is 1. The average Bonchev–Trinajstić information content (AvgIpc) is 2.67. The van der Waals surface area contributed by atoms with E-state index in [9.17, 15) is 24.8 Å². The molecule has 0 aliphatic heterocycles. The van der Waals surface area contributed by atoms with Crippen molar-refractivity contribution in [2.75, 3.05) is 6.61 Å². The Morgan fingerprint density at radius 3 is 2.52 bits per heavy atom. The summed E-state index contributed by atoms with van der Waals surface area (Å²) >= 11 is 0.975. The first-order valence-electron chi connectivity index (χ1n) is 7.93. The van der Waals surface area contributed by atoms with E-state index in [-0.39, 0.29) is 24.5 Å². The number of esters is 1. The molecule has 0 spiro atoms. The fourth-order valence-electron chi connectivity index (χ4n) is 2.30. The van der Waals surface area contributed by atoms with Crippen LogP contribution in [0.5, 0.6) is 5.75 Å². The lowest BCUT2D eigenvalue weighted by atomic mass is 10.1. The molecule has 0 radical (unpaired) electrons. The predicted octanol–water partition coefficient (Wildman–Crippen LogP) is 2.89. The van der Waals surface area contributed by atoms with Crippen LogP contribution in [-0.2, 0) is 14.3 Å². The lowest BCUT2D eigenvalue weighted by Gasteiger charge is -2.21. The molecule has 2 aromatic rings. The number of carbonyl (C=O) groups is 2. The predicted molar refractivity (Wildman–Crippen MR) is 97.5 cm³/mol. The summed E-state index contributed by atoms with van der Waals surface area (Å²) in [6.07, 6.45) is -1.55. The third-order valence-corrected chi connectivity index (χ3v) is 4.91. The van der Waals surface area contributed by atoms with Crippen molar-refractivity contribution in [1.29, 1.82) is 0 Å². The number of benzene rings is 2. The maximum atomic E-state index is 12.0. The molecule has 2 aromatic carbocycles. The second-order valence-corrected chi connectivity index (χ2v) is 6.43. The number of thioether (sulfide) groups is 1. The van der Waals surface area contributed by atoms with Crippen LogP contribution in [0.3, 0.4) is 0 Å². The van der Waals surface area contributed by atoms with Gasteiger partial charge in [-0.1, -0.05) is 24.3 Å². The van der Waals surface area contributed by atoms with Crippen LogP contribution in [-0.4, -0.2) is 35.2 Å². The standard InChI is InChI=1S/C18H17NO7S/c1-2-25-18(22)16(21)17(12-7-9-13(10-8-12)26-11-20)27-15-6-4-3-5-14(15)19(23)24/h3-11,16-17,21H,2H2,1H3. The molecule has 2 rings (SSSR count). The van der Waals surface area contributed by atoms with Crippen molar-refractivity contribution < 1.29 is 29.1 Å². The van der Waals surface area contributed by atoms with E-state index in [0.29, 0.717) is 10.5 Å². The van der Waals surface area contributed by atoms with Gasteiger partial charge in [0, 0.05) is 6.07 Å². The van der Waals surface area contributed by atoms with Gasteiger partial charge in [-0.25, -0.2) is 4.79 Å². The van der Waals surface area contributed by atoms with Gasteiger partial charge in [-0.15, -0.1) is 11.8 Å². The number of aliphatic hydroxyl groups is 1. The van der Waals surface area contributed by atoms with Crippen LogP contribution in [0.4, 0.5) is 5.69 Å². The van der Waals surface area contributed by atoms with E-state index in [0.717, 1.165) is 11.8 Å². The molecule has 0 saturated heterocycles. The van der Waals surface area contributed by atoms with Crippen LogP contribution in [0, 0.1) is 10.1 Å². The van der Waals surface area contributed by atoms with Crippen molar-refractivity contribution in [2.24, 2.45) is 0 Å². The molecule has 2 unspecified atom stereocenters. The molecule has 9 heteroatoms. The number of rotatable bonds is 9. The molecular weight excluding hydrogens is 374 g/mol. The maximum Gasteiger partial charge on any atom is 0.336 e. The molecule has 0 heterocycles. The van der Waals surface area contributed by atoms with Crippen LogP contribution in [0.15, 0.2) is 53.4 Å². The van der Waals surface area contributed by atoms with Crippen LogP contribution >= 0.6 is 11.8 Å². The number of ether oxygens (including phenoxy) is 2. The van der Waals surface area contributed by atoms with Crippen molar-refractivity contribution in [3.8, 4) is 5.75 Å². The molecular formula is C18H17NO7S. The van der Waals surface area contributed by atoms with E-state index in [1.54, 1.807) is 25.1 Å². The number of aliphatic hydroxyl groups excluding tert-OH is 1. The lowest BCUT2D eigenvalue weighted by Crippen LogP contribution is -2.28. The van der Waals surface area contributed by atoms with E-state index >= 15 is 0 Å². The van der Waals surface area contributed by atoms with Gasteiger partial charge in [-0.2, -0.15) is 0 Å². The first kappa shape index (κ1) is 20.4. The van der Waals surface area contributed by atoms with Crippen LogP contribution in [0.1, 0.15) is 17.7 Å². The van der Waals surface area contributed by atoms with Gasteiger partial charge in [-0.05, 0) is 30.7 Å². The molecule has 2 atom stereocenters. The Morgan fingerprint density at radius 1 is 1.26 bits per heavy atom. The zero-order chi connectivity index (χ0) is 19.8. The van der Waals surface area contributed by atoms with Crippen molar-refractivity contribution in [3.63, 3.8) is 0 Å². The Labute approximate surface area is 159 Å². The summed E-state index contributed by atoms with van der Waals surface area (Å²) in [5.74, 6) is -0.546. The molecule has 0 saturated carbocycles. The summed E-state index contributed by atoms with van der Waals surface area (Å²) in [5, 5.41) is 20.9. The topological polar surface area (TPSA) is 116 Å². The molecule has 8 nitrogen and oxygen atoms in total. The van der Waals surface area contributed by atoms with Gasteiger partial charge in [0.15, 0.2) is 6.10 Å². The molecule has 0 aliphatic rings. The molecule has 0 amide bonds. The third-order valence-electron chi connectivity index (χ3n) is 3.52. The normalized spacial score (nSPS) is 12.7. The Bertz CT molecular complexity index is 810. The van der Waals surface area contributed by atoms with Gasteiger partial charge in [0.05, 0.1) is 21.7 Å². The van der Waals surface area contributed by atoms with Crippen LogP contribution < -0.4 is 4.74 Å². The molecule has 0 fully saturated rings. The van der Waals surface area contributed by atoms with Gasteiger partial charge in [0.1, 0.15) is 5.75 Å². The summed E-state index contributed by atoms with van der Waals surface area (Å²) in [5.41, 5.74) is 0.376. The number of para-hydroxylation sites is 1. The van der Waals surface area contributed by atoms with Gasteiger partial charge in [0.2, 0.25) is 0 Å². The molecule has 1 N–H and O–H groups in total. The quantitative estimate of drug-likeness (QED) is 0.228. The zero-order valence-corrected chi connectivity index (χ0v) is 15.1. The van der Waals surface area contributed by atoms with E-state index in [4.69, 9.17) is 9.47 Å². The Balaban J connectivity index is 2.39. The Hall–Kier alpha value is -2.91. The van der Waals surface area contributed by atoms with Crippen LogP contribution in [0.25, 0.3) is 0 Å². The number of hydrogen-bond acceptors (Lipinski definition) is 8. The van der Waals surface area contributed by atoms with Crippen molar-refractivity contribution in [1.82, 2.24) is 0 Å². The molecule has 142 valence electrons. The fourth-order valence-corrected chi connectivity index (χ4v) is 3.53. The molecule has 0 bridgehead atoms. The lowest BCUT2D eigenvalue weighted by molar-refractivity contribution is -0.387. The number of nitro benzene ring substituents is 1. The fraction of sp³-hybridized carbons (Fsp3) is 0.222. The second kappa shape index (κ2) is 9.70. The number of hydrogen-bond donors (Lipinski definition) is 1. The molecule has 27 heavy (non-hydrogen) atoms. The highest BCUT2D eigenvalue weighted by Gasteiger charge is 2.31. The smallest absolute Gasteiger partial charge is 0.336 e. The monoisotopic (exact) mass is 391 g/mol. The van der Waals surface area contributed by atoms with Crippen LogP contribution in [0.2, 0.25) is 0 Å². The Morgan fingerprint density at radius 2 is 1.93 bits per heavy atom. The minimum Gasteiger partial charge on any atom is -0.464 e. The summed E-state index contributed by atoms with van der Waals surface area (Å²) in [4.78, 5) is 33.5. The third kappa shape index (κ3) is 5.28. The van der Waals surface area contributed by atoms with Gasteiger partial charge in [-0.3, -0.25) is 14.9 Å². The first-order chi connectivity index (χ1) is 13.0. The van der Waals surface area contributed by atoms with Crippen molar-refractivity contribution >= 4 is 29.9 Å². The minimum atomic E-state index is -1.55. The zero-order valence-electron chi connectivity index (χ0n) is 14.3. The summed E-state index contributed by atoms with van der Waals surface area (Å²) in [7, 11) is 0. The van der Waals surface area contributed by atoms with Gasteiger partial charge >= 0.3 is 5.97 Å². The van der Waals surface area contributed by atoms with Crippen molar-refractivity contribution in [2.45, 2.75) is 23.2 Å². The summed E-state index contributed by atoms with van der Waals surface area (Å²) in [6.45, 7) is 1.98. The van der Waals surface area contributed by atoms with Gasteiger partial charge in [0.25, 0.3) is 12.2 Å². The SMILES string of the molecule is CCOC(=O)C(O)C(Sc1ccccc1[N+](=O)[O-])c1ccc(OC=O)cc1. The van der Waals surface area contributed by atoms with Crippen molar-refractivity contribution in [3.05, 3.63) is 64.2 Å². The van der Waals surface area contributed by atoms with Gasteiger partial charge < -0.3 is 14.6 Å². The highest BCUT2D eigenvalue weighted by atomic mass is 32.2. The Kier molecular flexibility index (Phi) is 7.33. The minimum absolute atomic E-state index is 0.0882. The number of nitro groups is 1. The second-order valence-electron chi connectivity index (χ2n) is 5.24. The van der Waals surface area contributed by atoms with E-state index in [2.05, 4.69) is 0 Å². The number of carbonyl (C=O) groups excluding carboxylic acids is 2. The van der Waals surface area contributed by atoms with E-state index in [1.165, 1.54) is 30.3 Å².